The highest BCUT2D eigenvalue weighted by atomic mass is 32.1. The van der Waals surface area contributed by atoms with Crippen LogP contribution < -0.4 is 15.0 Å². The van der Waals surface area contributed by atoms with Crippen molar-refractivity contribution in [3.63, 3.8) is 0 Å². The summed E-state index contributed by atoms with van der Waals surface area (Å²) < 4.78 is 18.3. The first-order chi connectivity index (χ1) is 15.5. The summed E-state index contributed by atoms with van der Waals surface area (Å²) in [6.45, 7) is 0.158. The van der Waals surface area contributed by atoms with Crippen LogP contribution in [0.15, 0.2) is 66.0 Å². The summed E-state index contributed by atoms with van der Waals surface area (Å²) in [7, 11) is 1.53. The first-order valence-electron chi connectivity index (χ1n) is 9.82. The third-order valence-corrected chi connectivity index (χ3v) is 5.95. The maximum atomic E-state index is 13.2. The van der Waals surface area contributed by atoms with Crippen LogP contribution >= 0.6 is 11.3 Å². The van der Waals surface area contributed by atoms with Crippen molar-refractivity contribution in [3.05, 3.63) is 76.7 Å². The van der Waals surface area contributed by atoms with Gasteiger partial charge in [-0.2, -0.15) is 0 Å². The number of nitrogens with zero attached hydrogens (tertiary/aromatic N) is 2. The molecule has 1 N–H and O–H groups in total. The lowest BCUT2D eigenvalue weighted by Gasteiger charge is -2.27. The Kier molecular flexibility index (Phi) is 6.18. The molecular formula is C23H20FN3O4S. The third-order valence-electron chi connectivity index (χ3n) is 5.09. The number of hydrogen-bond donors (Lipinski definition) is 1. The summed E-state index contributed by atoms with van der Waals surface area (Å²) in [5.74, 6) is -0.700. The van der Waals surface area contributed by atoms with E-state index in [0.29, 0.717) is 17.1 Å². The number of ether oxygens (including phenoxy) is 1. The lowest BCUT2D eigenvalue weighted by Crippen LogP contribution is -2.46. The minimum absolute atomic E-state index is 0.132. The standard InChI is InChI=1S/C23H20FN3O4S/c1-31-18-10-8-17(9-11-18)27-21(28)13-20(22(27)29)26(14-19-3-2-12-32-19)23(30)25-16-6-4-15(24)5-7-16/h2-12,20H,13-14H2,1H3,(H,25,30)/t20-/m0/s1. The summed E-state index contributed by atoms with van der Waals surface area (Å²) in [5.41, 5.74) is 0.801. The molecule has 7 nitrogen and oxygen atoms in total. The van der Waals surface area contributed by atoms with Gasteiger partial charge in [-0.3, -0.25) is 9.59 Å². The fraction of sp³-hybridized carbons (Fsp3) is 0.174. The van der Waals surface area contributed by atoms with Crippen LogP contribution in [0.2, 0.25) is 0 Å². The Morgan fingerprint density at radius 1 is 1.16 bits per heavy atom. The summed E-state index contributed by atoms with van der Waals surface area (Å²) in [5, 5.41) is 4.56. The molecule has 164 valence electrons. The van der Waals surface area contributed by atoms with E-state index in [4.69, 9.17) is 4.74 Å². The van der Waals surface area contributed by atoms with Crippen molar-refractivity contribution in [2.24, 2.45) is 0 Å². The van der Waals surface area contributed by atoms with Gasteiger partial charge < -0.3 is 15.0 Å². The maximum absolute atomic E-state index is 13.2. The van der Waals surface area contributed by atoms with Gasteiger partial charge >= 0.3 is 6.03 Å². The SMILES string of the molecule is COc1ccc(N2C(=O)C[C@H](N(Cc3cccs3)C(=O)Nc3ccc(F)cc3)C2=O)cc1. The second-order valence-electron chi connectivity index (χ2n) is 7.13. The summed E-state index contributed by atoms with van der Waals surface area (Å²) in [6, 6.07) is 14.1. The van der Waals surface area contributed by atoms with E-state index in [-0.39, 0.29) is 13.0 Å². The number of carbonyl (C=O) groups is 3. The Morgan fingerprint density at radius 2 is 1.88 bits per heavy atom. The van der Waals surface area contributed by atoms with E-state index in [1.54, 1.807) is 24.3 Å². The number of rotatable bonds is 6. The van der Waals surface area contributed by atoms with Crippen molar-refractivity contribution in [1.82, 2.24) is 4.90 Å². The Labute approximate surface area is 188 Å². The molecule has 0 bridgehead atoms. The second-order valence-corrected chi connectivity index (χ2v) is 8.16. The van der Waals surface area contributed by atoms with Crippen LogP contribution in [0.4, 0.5) is 20.6 Å². The first-order valence-corrected chi connectivity index (χ1v) is 10.7. The van der Waals surface area contributed by atoms with Gasteiger partial charge in [0.1, 0.15) is 17.6 Å². The van der Waals surface area contributed by atoms with Crippen molar-refractivity contribution in [2.45, 2.75) is 19.0 Å². The molecule has 0 radical (unpaired) electrons. The number of thiophene rings is 1. The van der Waals surface area contributed by atoms with Gasteiger partial charge in [-0.1, -0.05) is 6.07 Å². The molecule has 0 spiro atoms. The van der Waals surface area contributed by atoms with Gasteiger partial charge in [0.25, 0.3) is 5.91 Å². The van der Waals surface area contributed by atoms with E-state index >= 15 is 0 Å². The highest BCUT2D eigenvalue weighted by Gasteiger charge is 2.44. The number of benzene rings is 2. The van der Waals surface area contributed by atoms with Gasteiger partial charge in [0.2, 0.25) is 5.91 Å². The Morgan fingerprint density at radius 3 is 2.50 bits per heavy atom. The average molecular weight is 453 g/mol. The van der Waals surface area contributed by atoms with Crippen molar-refractivity contribution in [3.8, 4) is 5.75 Å². The van der Waals surface area contributed by atoms with Crippen LogP contribution in [0.5, 0.6) is 5.75 Å². The zero-order valence-corrected chi connectivity index (χ0v) is 18.0. The Hall–Kier alpha value is -3.72. The topological polar surface area (TPSA) is 79.0 Å². The van der Waals surface area contributed by atoms with Gasteiger partial charge in [0.05, 0.1) is 25.8 Å². The van der Waals surface area contributed by atoms with Crippen LogP contribution in [0.3, 0.4) is 0 Å². The number of nitrogens with one attached hydrogen (secondary N) is 1. The number of halogens is 1. The van der Waals surface area contributed by atoms with E-state index in [9.17, 15) is 18.8 Å². The number of amides is 4. The van der Waals surface area contributed by atoms with Crippen LogP contribution in [-0.2, 0) is 16.1 Å². The highest BCUT2D eigenvalue weighted by molar-refractivity contribution is 7.09. The van der Waals surface area contributed by atoms with Gasteiger partial charge in [-0.15, -0.1) is 11.3 Å². The van der Waals surface area contributed by atoms with E-state index in [2.05, 4.69) is 5.32 Å². The quantitative estimate of drug-likeness (QED) is 0.566. The molecule has 9 heteroatoms. The van der Waals surface area contributed by atoms with Crippen molar-refractivity contribution in [1.29, 1.82) is 0 Å². The van der Waals surface area contributed by atoms with Gasteiger partial charge in [-0.05, 0) is 60.0 Å². The smallest absolute Gasteiger partial charge is 0.322 e. The number of anilines is 2. The molecule has 1 aromatic heterocycles. The minimum Gasteiger partial charge on any atom is -0.497 e. The molecule has 4 rings (SSSR count). The second kappa shape index (κ2) is 9.19. The molecule has 1 saturated heterocycles. The molecule has 1 aliphatic heterocycles. The molecule has 32 heavy (non-hydrogen) atoms. The van der Waals surface area contributed by atoms with Crippen LogP contribution in [0.1, 0.15) is 11.3 Å². The van der Waals surface area contributed by atoms with Gasteiger partial charge in [0, 0.05) is 10.6 Å². The Balaban J connectivity index is 1.59. The van der Waals surface area contributed by atoms with Crippen LogP contribution in [0, 0.1) is 5.82 Å². The number of hydrogen-bond acceptors (Lipinski definition) is 5. The predicted octanol–water partition coefficient (Wildman–Crippen LogP) is 4.26. The zero-order chi connectivity index (χ0) is 22.7. The third kappa shape index (κ3) is 4.47. The zero-order valence-electron chi connectivity index (χ0n) is 17.2. The molecule has 0 unspecified atom stereocenters. The highest BCUT2D eigenvalue weighted by Crippen LogP contribution is 2.29. The lowest BCUT2D eigenvalue weighted by atomic mass is 10.2. The average Bonchev–Trinajstić information content (AvgIpc) is 3.41. The molecule has 1 aliphatic rings. The molecular weight excluding hydrogens is 433 g/mol. The fourth-order valence-corrected chi connectivity index (χ4v) is 4.19. The Bertz CT molecular complexity index is 1120. The number of carbonyl (C=O) groups excluding carboxylic acids is 3. The maximum Gasteiger partial charge on any atom is 0.322 e. The molecule has 3 aromatic rings. The molecule has 0 saturated carbocycles. The van der Waals surface area contributed by atoms with E-state index in [0.717, 1.165) is 9.78 Å². The van der Waals surface area contributed by atoms with E-state index < -0.39 is 29.7 Å². The largest absolute Gasteiger partial charge is 0.497 e. The van der Waals surface area contributed by atoms with Crippen molar-refractivity contribution in [2.75, 3.05) is 17.3 Å². The number of urea groups is 1. The summed E-state index contributed by atoms with van der Waals surface area (Å²) in [4.78, 5) is 42.4. The van der Waals surface area contributed by atoms with Crippen molar-refractivity contribution >= 4 is 40.6 Å². The molecule has 4 amide bonds. The molecule has 2 aromatic carbocycles. The molecule has 1 fully saturated rings. The van der Waals surface area contributed by atoms with Gasteiger partial charge in [-0.25, -0.2) is 14.1 Å². The van der Waals surface area contributed by atoms with Gasteiger partial charge in [0.15, 0.2) is 0 Å². The fourth-order valence-electron chi connectivity index (χ4n) is 3.48. The summed E-state index contributed by atoms with van der Waals surface area (Å²) >= 11 is 1.44. The minimum atomic E-state index is -0.966. The van der Waals surface area contributed by atoms with Crippen molar-refractivity contribution < 1.29 is 23.5 Å². The molecule has 2 heterocycles. The first kappa shape index (κ1) is 21.5. The normalized spacial score (nSPS) is 15.7. The van der Waals surface area contributed by atoms with E-state index in [1.165, 1.54) is 47.6 Å². The van der Waals surface area contributed by atoms with Crippen LogP contribution in [0.25, 0.3) is 0 Å². The molecule has 1 atom stereocenters. The lowest BCUT2D eigenvalue weighted by molar-refractivity contribution is -0.122. The van der Waals surface area contributed by atoms with E-state index in [1.807, 2.05) is 17.5 Å². The number of methoxy groups -OCH3 is 1. The van der Waals surface area contributed by atoms with Crippen LogP contribution in [-0.4, -0.2) is 35.9 Å². The molecule has 0 aliphatic carbocycles. The number of imide groups is 1. The summed E-state index contributed by atoms with van der Waals surface area (Å²) in [6.07, 6.45) is -0.132. The monoisotopic (exact) mass is 453 g/mol. The predicted molar refractivity (Wildman–Crippen MR) is 119 cm³/mol.